The van der Waals surface area contributed by atoms with Crippen LogP contribution in [0.4, 0.5) is 13.2 Å². The fourth-order valence-electron chi connectivity index (χ4n) is 3.29. The number of fused-ring (bicyclic) bond motifs is 2. The topological polar surface area (TPSA) is 101 Å². The normalized spacial score (nSPS) is 16.2. The van der Waals surface area contributed by atoms with E-state index in [-0.39, 0.29) is 11.1 Å². The van der Waals surface area contributed by atoms with Crippen molar-refractivity contribution in [1.82, 2.24) is 25.1 Å². The van der Waals surface area contributed by atoms with Gasteiger partial charge in [0.25, 0.3) is 0 Å². The van der Waals surface area contributed by atoms with Crippen molar-refractivity contribution in [2.24, 2.45) is 4.99 Å². The number of hydrogen-bond acceptors (Lipinski definition) is 9. The molecular formula is C20H12F3N7S2. The zero-order valence-electron chi connectivity index (χ0n) is 16.2. The van der Waals surface area contributed by atoms with Crippen molar-refractivity contribution < 1.29 is 13.2 Å². The van der Waals surface area contributed by atoms with Gasteiger partial charge in [0, 0.05) is 11.3 Å². The smallest absolute Gasteiger partial charge is 0.260 e. The summed E-state index contributed by atoms with van der Waals surface area (Å²) in [6, 6.07) is 7.01. The molecule has 160 valence electrons. The van der Waals surface area contributed by atoms with E-state index in [1.165, 1.54) is 42.2 Å². The summed E-state index contributed by atoms with van der Waals surface area (Å²) in [5, 5.41) is 18.6. The van der Waals surface area contributed by atoms with Crippen LogP contribution < -0.4 is 0 Å². The fraction of sp³-hybridized carbons (Fsp3) is 0.250. The SMILES string of the molecule is N#Cc1cc(C(F)(F)F)ccc1CSC1=NC2(CC2)c2cc(-c3ncncn3)nnc2S1. The Morgan fingerprint density at radius 2 is 1.91 bits per heavy atom. The Kier molecular flexibility index (Phi) is 5.10. The van der Waals surface area contributed by atoms with Crippen molar-refractivity contribution in [1.29, 1.82) is 5.26 Å². The molecule has 1 aromatic carbocycles. The molecule has 32 heavy (non-hydrogen) atoms. The minimum atomic E-state index is -4.48. The van der Waals surface area contributed by atoms with Gasteiger partial charge in [-0.1, -0.05) is 17.8 Å². The molecule has 5 rings (SSSR count). The second kappa shape index (κ2) is 7.83. The molecule has 3 aromatic rings. The van der Waals surface area contributed by atoms with Crippen LogP contribution in [0.2, 0.25) is 0 Å². The van der Waals surface area contributed by atoms with Gasteiger partial charge in [-0.15, -0.1) is 10.2 Å². The summed E-state index contributed by atoms with van der Waals surface area (Å²) in [7, 11) is 0. The monoisotopic (exact) mass is 471 g/mol. The quantitative estimate of drug-likeness (QED) is 0.546. The Labute approximate surface area is 188 Å². The molecule has 7 nitrogen and oxygen atoms in total. The molecule has 2 aromatic heterocycles. The minimum Gasteiger partial charge on any atom is -0.260 e. The van der Waals surface area contributed by atoms with Crippen LogP contribution in [0.15, 0.2) is 46.9 Å². The van der Waals surface area contributed by atoms with Crippen LogP contribution >= 0.6 is 23.5 Å². The molecule has 0 atom stereocenters. The number of aromatic nitrogens is 5. The highest BCUT2D eigenvalue weighted by molar-refractivity contribution is 8.38. The minimum absolute atomic E-state index is 0.0112. The average Bonchev–Trinajstić information content (AvgIpc) is 3.57. The maximum atomic E-state index is 12.9. The summed E-state index contributed by atoms with van der Waals surface area (Å²) in [6.07, 6.45) is 0.0539. The van der Waals surface area contributed by atoms with Gasteiger partial charge in [-0.3, -0.25) is 4.99 Å². The van der Waals surface area contributed by atoms with Crippen LogP contribution in [-0.4, -0.2) is 29.5 Å². The summed E-state index contributed by atoms with van der Waals surface area (Å²) in [4.78, 5) is 16.9. The highest BCUT2D eigenvalue weighted by atomic mass is 32.2. The second-order valence-corrected chi connectivity index (χ2v) is 9.39. The first-order chi connectivity index (χ1) is 15.4. The van der Waals surface area contributed by atoms with Crippen LogP contribution in [-0.2, 0) is 17.5 Å². The number of rotatable bonds is 3. The average molecular weight is 471 g/mol. The van der Waals surface area contributed by atoms with Gasteiger partial charge in [-0.05, 0) is 48.4 Å². The summed E-state index contributed by atoms with van der Waals surface area (Å²) < 4.78 is 39.5. The first kappa shape index (κ1) is 20.8. The maximum absolute atomic E-state index is 12.9. The van der Waals surface area contributed by atoms with Crippen LogP contribution in [0.1, 0.15) is 35.1 Å². The maximum Gasteiger partial charge on any atom is 0.416 e. The van der Waals surface area contributed by atoms with E-state index in [4.69, 9.17) is 4.99 Å². The molecule has 0 amide bonds. The summed E-state index contributed by atoms with van der Waals surface area (Å²) in [5.41, 5.74) is 0.871. The van der Waals surface area contributed by atoms with Gasteiger partial charge >= 0.3 is 6.18 Å². The third-order valence-corrected chi connectivity index (χ3v) is 7.26. The zero-order valence-corrected chi connectivity index (χ0v) is 17.8. The molecule has 0 saturated heterocycles. The van der Waals surface area contributed by atoms with E-state index in [1.54, 1.807) is 0 Å². The van der Waals surface area contributed by atoms with Gasteiger partial charge in [0.15, 0.2) is 5.82 Å². The van der Waals surface area contributed by atoms with Gasteiger partial charge in [0.05, 0.1) is 22.7 Å². The summed E-state index contributed by atoms with van der Waals surface area (Å²) in [6.45, 7) is 0. The predicted molar refractivity (Wildman–Crippen MR) is 113 cm³/mol. The Morgan fingerprint density at radius 3 is 2.59 bits per heavy atom. The molecule has 1 spiro atoms. The highest BCUT2D eigenvalue weighted by Gasteiger charge is 2.49. The van der Waals surface area contributed by atoms with Crippen LogP contribution in [0.25, 0.3) is 11.5 Å². The molecule has 1 aliphatic heterocycles. The Morgan fingerprint density at radius 1 is 1.12 bits per heavy atom. The Balaban J connectivity index is 1.37. The van der Waals surface area contributed by atoms with Crippen LogP contribution in [0.3, 0.4) is 0 Å². The summed E-state index contributed by atoms with van der Waals surface area (Å²) >= 11 is 2.75. The van der Waals surface area contributed by atoms with Gasteiger partial charge in [-0.2, -0.15) is 18.4 Å². The first-order valence-corrected chi connectivity index (χ1v) is 11.2. The zero-order chi connectivity index (χ0) is 22.3. The van der Waals surface area contributed by atoms with Crippen molar-refractivity contribution in [2.45, 2.75) is 35.3 Å². The number of benzene rings is 1. The third kappa shape index (κ3) is 3.93. The van der Waals surface area contributed by atoms with E-state index < -0.39 is 11.7 Å². The van der Waals surface area contributed by atoms with Crippen LogP contribution in [0.5, 0.6) is 0 Å². The number of thioether (sulfide) groups is 2. The predicted octanol–water partition coefficient (Wildman–Crippen LogP) is 4.60. The number of nitrogens with zero attached hydrogens (tertiary/aromatic N) is 7. The van der Waals surface area contributed by atoms with E-state index in [9.17, 15) is 18.4 Å². The summed E-state index contributed by atoms with van der Waals surface area (Å²) in [5.74, 6) is 0.765. The number of alkyl halides is 3. The Hall–Kier alpha value is -3.04. The molecule has 1 fully saturated rings. The molecule has 0 bridgehead atoms. The lowest BCUT2D eigenvalue weighted by Gasteiger charge is -2.22. The number of nitriles is 1. The van der Waals surface area contributed by atoms with Gasteiger partial charge < -0.3 is 0 Å². The number of aliphatic imine (C=N–C) groups is 1. The van der Waals surface area contributed by atoms with Crippen molar-refractivity contribution in [3.8, 4) is 17.6 Å². The number of halogens is 3. The van der Waals surface area contributed by atoms with E-state index in [0.717, 1.165) is 39.9 Å². The molecule has 12 heteroatoms. The van der Waals surface area contributed by atoms with Crippen molar-refractivity contribution in [3.63, 3.8) is 0 Å². The van der Waals surface area contributed by atoms with Crippen molar-refractivity contribution in [2.75, 3.05) is 0 Å². The van der Waals surface area contributed by atoms with Crippen molar-refractivity contribution >= 4 is 27.9 Å². The molecular weight excluding hydrogens is 459 g/mol. The molecule has 0 radical (unpaired) electrons. The standard InChI is InChI=1S/C20H12F3N7S2/c21-20(22,23)13-2-1-11(12(5-13)7-24)8-31-18-28-19(3-4-19)14-6-15(29-30-17(14)32-18)16-26-9-25-10-27-16/h1-2,5-6,9-10H,3-4,8H2. The molecule has 0 unspecified atom stereocenters. The van der Waals surface area contributed by atoms with Gasteiger partial charge in [0.1, 0.15) is 27.8 Å². The highest BCUT2D eigenvalue weighted by Crippen LogP contribution is 2.56. The Bertz CT molecular complexity index is 1270. The van der Waals surface area contributed by atoms with E-state index in [1.807, 2.05) is 12.1 Å². The molecule has 0 N–H and O–H groups in total. The lowest BCUT2D eigenvalue weighted by molar-refractivity contribution is -0.137. The molecule has 2 aliphatic rings. The van der Waals surface area contributed by atoms with E-state index >= 15 is 0 Å². The number of hydrogen-bond donors (Lipinski definition) is 0. The molecule has 1 aliphatic carbocycles. The lowest BCUT2D eigenvalue weighted by Crippen LogP contribution is -2.15. The lowest BCUT2D eigenvalue weighted by atomic mass is 10.1. The molecule has 1 saturated carbocycles. The molecule has 3 heterocycles. The van der Waals surface area contributed by atoms with E-state index in [2.05, 4.69) is 25.1 Å². The van der Waals surface area contributed by atoms with Gasteiger partial charge in [0.2, 0.25) is 0 Å². The fourth-order valence-corrected chi connectivity index (χ4v) is 5.54. The second-order valence-electron chi connectivity index (χ2n) is 7.19. The van der Waals surface area contributed by atoms with Crippen molar-refractivity contribution in [3.05, 3.63) is 59.2 Å². The van der Waals surface area contributed by atoms with Crippen LogP contribution in [0, 0.1) is 11.3 Å². The van der Waals surface area contributed by atoms with E-state index in [0.29, 0.717) is 22.8 Å². The first-order valence-electron chi connectivity index (χ1n) is 9.39. The largest absolute Gasteiger partial charge is 0.416 e. The third-order valence-electron chi connectivity index (χ3n) is 5.11. The van der Waals surface area contributed by atoms with Gasteiger partial charge in [-0.25, -0.2) is 15.0 Å².